The number of fused-ring (bicyclic) bond motifs is 6. The van der Waals surface area contributed by atoms with Gasteiger partial charge in [-0.25, -0.2) is 0 Å². The molecule has 0 amide bonds. The normalized spacial score (nSPS) is 17.1. The molecular formula is C32H30Zr. The van der Waals surface area contributed by atoms with Gasteiger partial charge in [0.15, 0.2) is 0 Å². The molecule has 4 aromatic carbocycles. The van der Waals surface area contributed by atoms with Crippen LogP contribution in [0.5, 0.6) is 0 Å². The van der Waals surface area contributed by atoms with Gasteiger partial charge < -0.3 is 0 Å². The van der Waals surface area contributed by atoms with Crippen molar-refractivity contribution in [3.05, 3.63) is 117 Å². The topological polar surface area (TPSA) is 0 Å². The molecule has 162 valence electrons. The van der Waals surface area contributed by atoms with Gasteiger partial charge in [-0.2, -0.15) is 0 Å². The molecule has 1 heteroatoms. The third kappa shape index (κ3) is 3.35. The largest absolute Gasteiger partial charge is 0.0619 e. The maximum absolute atomic E-state index is 2.37. The van der Waals surface area contributed by atoms with Crippen LogP contribution in [0, 0.1) is 27.7 Å². The fourth-order valence-electron chi connectivity index (χ4n) is 6.58. The quantitative estimate of drug-likeness (QED) is 0.261. The Hall–Kier alpha value is -2.24. The van der Waals surface area contributed by atoms with E-state index in [1.807, 2.05) is 0 Å². The fourth-order valence-corrected chi connectivity index (χ4v) is 6.58. The molecule has 2 aliphatic carbocycles. The second-order valence-electron chi connectivity index (χ2n) is 9.83. The van der Waals surface area contributed by atoms with E-state index in [-0.39, 0.29) is 26.2 Å². The van der Waals surface area contributed by atoms with Crippen molar-refractivity contribution in [2.24, 2.45) is 0 Å². The molecule has 0 aromatic heterocycles. The Morgan fingerprint density at radius 3 is 1.27 bits per heavy atom. The minimum absolute atomic E-state index is 0. The van der Waals surface area contributed by atoms with Gasteiger partial charge in [0.25, 0.3) is 0 Å². The number of hydrogen-bond donors (Lipinski definition) is 0. The molecule has 0 aliphatic heterocycles. The maximum atomic E-state index is 2.37. The Balaban J connectivity index is 0.00000228. The summed E-state index contributed by atoms with van der Waals surface area (Å²) in [5.74, 6) is 0.977. The van der Waals surface area contributed by atoms with Crippen LogP contribution < -0.4 is 0 Å². The van der Waals surface area contributed by atoms with E-state index in [1.165, 1.54) is 68.5 Å². The minimum Gasteiger partial charge on any atom is -0.0619 e. The van der Waals surface area contributed by atoms with Crippen molar-refractivity contribution >= 4 is 0 Å². The van der Waals surface area contributed by atoms with Crippen molar-refractivity contribution in [1.29, 1.82) is 0 Å². The van der Waals surface area contributed by atoms with Gasteiger partial charge in [-0.05, 0) is 107 Å². The molecule has 6 rings (SSSR count). The summed E-state index contributed by atoms with van der Waals surface area (Å²) in [6.07, 6.45) is 2.36. The van der Waals surface area contributed by atoms with Gasteiger partial charge >= 0.3 is 0 Å². The molecule has 0 saturated heterocycles. The van der Waals surface area contributed by atoms with Gasteiger partial charge in [-0.15, -0.1) is 0 Å². The third-order valence-electron chi connectivity index (χ3n) is 8.00. The minimum atomic E-state index is 0. The molecule has 0 nitrogen and oxygen atoms in total. The monoisotopic (exact) mass is 504 g/mol. The van der Waals surface area contributed by atoms with Gasteiger partial charge in [0.2, 0.25) is 0 Å². The van der Waals surface area contributed by atoms with Crippen molar-refractivity contribution in [2.45, 2.75) is 52.4 Å². The average Bonchev–Trinajstić information content (AvgIpc) is 3.32. The van der Waals surface area contributed by atoms with E-state index in [4.69, 9.17) is 0 Å². The zero-order valence-corrected chi connectivity index (χ0v) is 22.5. The molecule has 2 atom stereocenters. The molecule has 2 aliphatic rings. The van der Waals surface area contributed by atoms with Crippen molar-refractivity contribution in [1.82, 2.24) is 0 Å². The van der Waals surface area contributed by atoms with Crippen LogP contribution >= 0.6 is 0 Å². The fraction of sp³-hybridized carbons (Fsp3) is 0.250. The van der Waals surface area contributed by atoms with E-state index < -0.39 is 0 Å². The van der Waals surface area contributed by atoms with Crippen LogP contribution in [0.1, 0.15) is 69.2 Å². The zero-order chi connectivity index (χ0) is 22.0. The van der Waals surface area contributed by atoms with Gasteiger partial charge in [-0.3, -0.25) is 0 Å². The van der Waals surface area contributed by atoms with Crippen LogP contribution in [0.15, 0.2) is 72.8 Å². The first-order valence-corrected chi connectivity index (χ1v) is 11.9. The van der Waals surface area contributed by atoms with E-state index >= 15 is 0 Å². The molecule has 0 heterocycles. The number of rotatable bonds is 3. The Kier molecular flexibility index (Phi) is 5.82. The molecule has 0 bridgehead atoms. The Morgan fingerprint density at radius 2 is 0.848 bits per heavy atom. The van der Waals surface area contributed by atoms with E-state index in [0.29, 0.717) is 11.8 Å². The van der Waals surface area contributed by atoms with Crippen LogP contribution in [0.4, 0.5) is 0 Å². The van der Waals surface area contributed by atoms with E-state index in [0.717, 1.165) is 0 Å². The van der Waals surface area contributed by atoms with Crippen molar-refractivity contribution < 1.29 is 26.2 Å². The predicted octanol–water partition coefficient (Wildman–Crippen LogP) is 8.62. The standard InChI is InChI=1S/C32H30.Zr/c1-19-13-15-21(3)31-27(23-9-5-7-11-25(23)29(19)31)17-18-28-24-10-6-8-12-26(24)30-20(2)14-16-22(4)32(28)30;/h5-16,27-28H,17-18H2,1-4H3;. The van der Waals surface area contributed by atoms with Crippen molar-refractivity contribution in [3.63, 3.8) is 0 Å². The molecule has 0 spiro atoms. The Bertz CT molecular complexity index is 1270. The molecular weight excluding hydrogens is 476 g/mol. The van der Waals surface area contributed by atoms with Crippen LogP contribution in [0.25, 0.3) is 22.3 Å². The molecule has 0 saturated carbocycles. The maximum Gasteiger partial charge on any atom is 0.0105 e. The summed E-state index contributed by atoms with van der Waals surface area (Å²) in [6, 6.07) is 27.4. The molecule has 2 unspecified atom stereocenters. The average molecular weight is 506 g/mol. The Labute approximate surface area is 217 Å². The van der Waals surface area contributed by atoms with Gasteiger partial charge in [0.05, 0.1) is 0 Å². The predicted molar refractivity (Wildman–Crippen MR) is 136 cm³/mol. The van der Waals surface area contributed by atoms with Gasteiger partial charge in [0.1, 0.15) is 0 Å². The van der Waals surface area contributed by atoms with Crippen LogP contribution in [0.3, 0.4) is 0 Å². The SMILES string of the molecule is Cc1ccc(C)c2c1-c1ccccc1C2CCC1c2ccccc2-c2c(C)ccc(C)c21.[Zr]. The van der Waals surface area contributed by atoms with Gasteiger partial charge in [-0.1, -0.05) is 72.8 Å². The van der Waals surface area contributed by atoms with E-state index in [1.54, 1.807) is 11.1 Å². The summed E-state index contributed by atoms with van der Waals surface area (Å²) in [5.41, 5.74) is 17.7. The molecule has 0 fully saturated rings. The second-order valence-corrected chi connectivity index (χ2v) is 9.83. The van der Waals surface area contributed by atoms with E-state index in [2.05, 4.69) is 100 Å². The van der Waals surface area contributed by atoms with Gasteiger partial charge in [0, 0.05) is 38.0 Å². The summed E-state index contributed by atoms with van der Waals surface area (Å²) >= 11 is 0. The van der Waals surface area contributed by atoms with Crippen LogP contribution in [0.2, 0.25) is 0 Å². The zero-order valence-electron chi connectivity index (χ0n) is 20.0. The molecule has 0 radical (unpaired) electrons. The summed E-state index contributed by atoms with van der Waals surface area (Å²) in [4.78, 5) is 0. The van der Waals surface area contributed by atoms with Crippen molar-refractivity contribution in [3.8, 4) is 22.3 Å². The first kappa shape index (κ1) is 22.6. The molecule has 4 aromatic rings. The first-order valence-electron chi connectivity index (χ1n) is 11.9. The number of hydrogen-bond acceptors (Lipinski definition) is 0. The Morgan fingerprint density at radius 1 is 0.485 bits per heavy atom. The third-order valence-corrected chi connectivity index (χ3v) is 8.00. The summed E-state index contributed by atoms with van der Waals surface area (Å²) in [5, 5.41) is 0. The smallest absolute Gasteiger partial charge is 0.0105 e. The first-order chi connectivity index (χ1) is 15.6. The molecule has 33 heavy (non-hydrogen) atoms. The van der Waals surface area contributed by atoms with Crippen molar-refractivity contribution in [2.75, 3.05) is 0 Å². The molecule has 0 N–H and O–H groups in total. The van der Waals surface area contributed by atoms with Crippen LogP contribution in [-0.2, 0) is 26.2 Å². The summed E-state index contributed by atoms with van der Waals surface area (Å²) in [7, 11) is 0. The number of benzene rings is 4. The summed E-state index contributed by atoms with van der Waals surface area (Å²) in [6.45, 7) is 9.13. The number of aryl methyl sites for hydroxylation is 4. The van der Waals surface area contributed by atoms with E-state index in [9.17, 15) is 0 Å². The van der Waals surface area contributed by atoms with Crippen LogP contribution in [-0.4, -0.2) is 0 Å². The summed E-state index contributed by atoms with van der Waals surface area (Å²) < 4.78 is 0. The second kappa shape index (κ2) is 8.52.